The van der Waals surface area contributed by atoms with Gasteiger partial charge in [0.15, 0.2) is 0 Å². The van der Waals surface area contributed by atoms with Gasteiger partial charge in [-0.25, -0.2) is 4.79 Å². The van der Waals surface area contributed by atoms with Gasteiger partial charge in [-0.3, -0.25) is 19.3 Å². The first-order valence-electron chi connectivity index (χ1n) is 10.4. The van der Waals surface area contributed by atoms with E-state index in [9.17, 15) is 24.3 Å². The number of esters is 1. The van der Waals surface area contributed by atoms with Gasteiger partial charge in [0.2, 0.25) is 5.91 Å². The number of thioether (sulfide) groups is 1. The molecule has 0 bridgehead atoms. The minimum Gasteiger partial charge on any atom is -0.477 e. The number of carbonyl (C=O) groups is 4. The van der Waals surface area contributed by atoms with E-state index >= 15 is 0 Å². The molecule has 11 heteroatoms. The SMILES string of the molecule is CC(=O)OCC1=C(C(=O)O)N2C(=O)[C@@H](NC(=O)C3(c4ccccc4Br)CCCC3)[C@H]2SC1.[Na]. The average Bonchev–Trinajstić information content (AvgIpc) is 3.26. The zero-order valence-corrected chi connectivity index (χ0v) is 22.8. The third-order valence-electron chi connectivity index (χ3n) is 6.27. The van der Waals surface area contributed by atoms with Gasteiger partial charge in [-0.2, -0.15) is 0 Å². The van der Waals surface area contributed by atoms with Crippen LogP contribution < -0.4 is 5.32 Å². The van der Waals surface area contributed by atoms with Crippen LogP contribution in [0.2, 0.25) is 0 Å². The van der Waals surface area contributed by atoms with Gasteiger partial charge in [0, 0.05) is 52.3 Å². The van der Waals surface area contributed by atoms with E-state index in [2.05, 4.69) is 21.2 Å². The molecule has 0 aromatic heterocycles. The maximum absolute atomic E-state index is 13.5. The molecule has 1 saturated heterocycles. The van der Waals surface area contributed by atoms with Crippen LogP contribution in [-0.4, -0.2) is 87.1 Å². The van der Waals surface area contributed by atoms with E-state index in [1.807, 2.05) is 24.3 Å². The summed E-state index contributed by atoms with van der Waals surface area (Å²) in [6.07, 6.45) is 3.22. The second-order valence-electron chi connectivity index (χ2n) is 8.17. The Labute approximate surface area is 226 Å². The second-order valence-corrected chi connectivity index (χ2v) is 10.1. The van der Waals surface area contributed by atoms with Gasteiger partial charge in [0.05, 0.1) is 5.41 Å². The van der Waals surface area contributed by atoms with Gasteiger partial charge in [-0.15, -0.1) is 11.8 Å². The van der Waals surface area contributed by atoms with Gasteiger partial charge < -0.3 is 15.2 Å². The normalized spacial score (nSPS) is 23.2. The van der Waals surface area contributed by atoms with Crippen molar-refractivity contribution in [2.45, 2.75) is 49.4 Å². The number of benzene rings is 1. The minimum atomic E-state index is -1.25. The van der Waals surface area contributed by atoms with E-state index < -0.39 is 34.7 Å². The average molecular weight is 546 g/mol. The number of carboxylic acid groups (broad SMARTS) is 1. The van der Waals surface area contributed by atoms with E-state index in [0.29, 0.717) is 24.2 Å². The van der Waals surface area contributed by atoms with Crippen LogP contribution in [0.25, 0.3) is 0 Å². The number of halogens is 1. The molecule has 2 fully saturated rings. The molecule has 1 aromatic carbocycles. The van der Waals surface area contributed by atoms with E-state index in [4.69, 9.17) is 4.74 Å². The van der Waals surface area contributed by atoms with Crippen LogP contribution in [0.5, 0.6) is 0 Å². The first kappa shape index (κ1) is 26.3. The third kappa shape index (κ3) is 4.77. The molecule has 1 saturated carbocycles. The predicted octanol–water partition coefficient (Wildman–Crippen LogP) is 2.18. The molecule has 0 unspecified atom stereocenters. The molecule has 2 amide bonds. The number of rotatable bonds is 6. The van der Waals surface area contributed by atoms with Crippen molar-refractivity contribution in [1.82, 2.24) is 10.2 Å². The van der Waals surface area contributed by atoms with Crippen LogP contribution in [0.4, 0.5) is 0 Å². The number of β-lactam (4-membered cyclic amide) rings is 1. The Hall–Kier alpha value is -1.33. The fourth-order valence-electron chi connectivity index (χ4n) is 4.71. The van der Waals surface area contributed by atoms with Gasteiger partial charge >= 0.3 is 11.9 Å². The summed E-state index contributed by atoms with van der Waals surface area (Å²) in [5, 5.41) is 12.1. The zero-order valence-electron chi connectivity index (χ0n) is 18.4. The van der Waals surface area contributed by atoms with Crippen molar-refractivity contribution in [2.24, 2.45) is 0 Å². The molecule has 2 N–H and O–H groups in total. The number of nitrogens with zero attached hydrogens (tertiary/aromatic N) is 1. The van der Waals surface area contributed by atoms with E-state index in [1.165, 1.54) is 23.6 Å². The molecule has 1 radical (unpaired) electrons. The molecule has 3 aliphatic rings. The standard InChI is InChI=1S/C22H23BrN2O6S.Na/c1-12(26)31-10-13-11-32-19-16(18(27)25(19)17(13)20(28)29)24-21(30)22(8-4-5-9-22)14-6-2-3-7-15(14)23;/h2-3,6-7,16,19H,4-5,8-11H2,1H3,(H,24,30)(H,28,29);/t16-,19-;/m1./s1. The van der Waals surface area contributed by atoms with Crippen molar-refractivity contribution in [3.05, 3.63) is 45.6 Å². The fourth-order valence-corrected chi connectivity index (χ4v) is 6.70. The number of fused-ring (bicyclic) bond motifs is 1. The van der Waals surface area contributed by atoms with Crippen molar-refractivity contribution in [2.75, 3.05) is 12.4 Å². The molecule has 2 aliphatic heterocycles. The summed E-state index contributed by atoms with van der Waals surface area (Å²) in [7, 11) is 0. The van der Waals surface area contributed by atoms with E-state index in [0.717, 1.165) is 22.9 Å². The topological polar surface area (TPSA) is 113 Å². The number of ether oxygens (including phenoxy) is 1. The second kappa shape index (κ2) is 10.5. The van der Waals surface area contributed by atoms with Crippen LogP contribution in [-0.2, 0) is 29.3 Å². The van der Waals surface area contributed by atoms with Gasteiger partial charge in [-0.1, -0.05) is 47.0 Å². The summed E-state index contributed by atoms with van der Waals surface area (Å²) in [6, 6.07) is 6.84. The largest absolute Gasteiger partial charge is 0.477 e. The number of amides is 2. The molecule has 8 nitrogen and oxygen atoms in total. The molecule has 1 aliphatic carbocycles. The molecular formula is C22H23BrN2NaO6S. The Balaban J connectivity index is 0.00000306. The fraction of sp³-hybridized carbons (Fsp3) is 0.455. The van der Waals surface area contributed by atoms with Crippen LogP contribution in [0.3, 0.4) is 0 Å². The Morgan fingerprint density at radius 3 is 2.55 bits per heavy atom. The number of hydrogen-bond donors (Lipinski definition) is 2. The molecule has 4 rings (SSSR count). The quantitative estimate of drug-likeness (QED) is 0.320. The number of hydrogen-bond acceptors (Lipinski definition) is 6. The van der Waals surface area contributed by atoms with E-state index in [-0.39, 0.29) is 47.8 Å². The zero-order chi connectivity index (χ0) is 23.0. The summed E-state index contributed by atoms with van der Waals surface area (Å²) < 4.78 is 5.81. The number of nitrogens with one attached hydrogen (secondary N) is 1. The Bertz CT molecular complexity index is 1030. The van der Waals surface area contributed by atoms with E-state index in [1.54, 1.807) is 0 Å². The smallest absolute Gasteiger partial charge is 0.352 e. The van der Waals surface area contributed by atoms with Crippen LogP contribution in [0, 0.1) is 0 Å². The van der Waals surface area contributed by atoms with Crippen LogP contribution in [0.1, 0.15) is 38.2 Å². The van der Waals surface area contributed by atoms with Gasteiger partial charge in [0.1, 0.15) is 23.7 Å². The molecule has 2 heterocycles. The molecule has 2 atom stereocenters. The molecule has 1 aromatic rings. The summed E-state index contributed by atoms with van der Waals surface area (Å²) in [5.41, 5.74) is 0.399. The van der Waals surface area contributed by atoms with Gasteiger partial charge in [0.25, 0.3) is 5.91 Å². The number of carbonyl (C=O) groups excluding carboxylic acids is 3. The van der Waals surface area contributed by atoms with Gasteiger partial charge in [-0.05, 0) is 24.5 Å². The van der Waals surface area contributed by atoms with Crippen molar-refractivity contribution in [3.63, 3.8) is 0 Å². The Morgan fingerprint density at radius 1 is 1.27 bits per heavy atom. The maximum atomic E-state index is 13.5. The van der Waals surface area contributed by atoms with Crippen LogP contribution in [0.15, 0.2) is 40.0 Å². The predicted molar refractivity (Wildman–Crippen MR) is 126 cm³/mol. The first-order valence-corrected chi connectivity index (χ1v) is 12.2. The van der Waals surface area contributed by atoms with Crippen molar-refractivity contribution >= 4 is 81.0 Å². The van der Waals surface area contributed by atoms with Crippen LogP contribution >= 0.6 is 27.7 Å². The Morgan fingerprint density at radius 2 is 1.94 bits per heavy atom. The molecule has 33 heavy (non-hydrogen) atoms. The summed E-state index contributed by atoms with van der Waals surface area (Å²) >= 11 is 4.92. The number of aliphatic carboxylic acids is 1. The van der Waals surface area contributed by atoms with Crippen molar-refractivity contribution in [1.29, 1.82) is 0 Å². The molecule has 171 valence electrons. The maximum Gasteiger partial charge on any atom is 0.352 e. The summed E-state index contributed by atoms with van der Waals surface area (Å²) in [5.74, 6) is -2.15. The third-order valence-corrected chi connectivity index (χ3v) is 8.30. The summed E-state index contributed by atoms with van der Waals surface area (Å²) in [6.45, 7) is 1.06. The van der Waals surface area contributed by atoms with Crippen molar-refractivity contribution < 1.29 is 29.0 Å². The monoisotopic (exact) mass is 545 g/mol. The van der Waals surface area contributed by atoms with Crippen molar-refractivity contribution in [3.8, 4) is 0 Å². The summed E-state index contributed by atoms with van der Waals surface area (Å²) in [4.78, 5) is 50.6. The molecule has 0 spiro atoms. The number of carboxylic acids is 1. The minimum absolute atomic E-state index is 0. The first-order chi connectivity index (χ1) is 15.3. The Kier molecular flexibility index (Phi) is 8.37. The molecular weight excluding hydrogens is 523 g/mol.